The minimum absolute atomic E-state index is 0.0581. The van der Waals surface area contributed by atoms with Crippen molar-refractivity contribution in [2.75, 3.05) is 31.1 Å². The van der Waals surface area contributed by atoms with Crippen LogP contribution in [0, 0.1) is 0 Å². The topological polar surface area (TPSA) is 44.4 Å². The van der Waals surface area contributed by atoms with Crippen LogP contribution < -0.4 is 15.5 Å². The fourth-order valence-electron chi connectivity index (χ4n) is 2.48. The first-order chi connectivity index (χ1) is 9.95. The van der Waals surface area contributed by atoms with Gasteiger partial charge < -0.3 is 15.5 Å². The van der Waals surface area contributed by atoms with Gasteiger partial charge in [0.1, 0.15) is 6.04 Å². The second kappa shape index (κ2) is 6.34. The van der Waals surface area contributed by atoms with E-state index in [9.17, 15) is 18.0 Å². The summed E-state index contributed by atoms with van der Waals surface area (Å²) in [5.41, 5.74) is -0.649. The minimum Gasteiger partial charge on any atom is -0.357 e. The maximum absolute atomic E-state index is 13.1. The van der Waals surface area contributed by atoms with E-state index in [1.807, 2.05) is 0 Å². The molecule has 0 aliphatic carbocycles. The van der Waals surface area contributed by atoms with Crippen molar-refractivity contribution < 1.29 is 18.0 Å². The molecule has 116 valence electrons. The van der Waals surface area contributed by atoms with Gasteiger partial charge in [0.15, 0.2) is 0 Å². The number of halogens is 3. The molecule has 1 aliphatic rings. The summed E-state index contributed by atoms with van der Waals surface area (Å²) in [7, 11) is 0. The maximum atomic E-state index is 13.1. The molecule has 1 aromatic carbocycles. The van der Waals surface area contributed by atoms with Crippen LogP contribution in [-0.4, -0.2) is 38.1 Å². The van der Waals surface area contributed by atoms with Gasteiger partial charge in [-0.25, -0.2) is 0 Å². The van der Waals surface area contributed by atoms with Crippen LogP contribution >= 0.6 is 0 Å². The van der Waals surface area contributed by atoms with Crippen LogP contribution in [0.15, 0.2) is 24.3 Å². The number of nitrogens with zero attached hydrogens (tertiary/aromatic N) is 1. The molecule has 1 atom stereocenters. The van der Waals surface area contributed by atoms with Crippen molar-refractivity contribution in [3.63, 3.8) is 0 Å². The van der Waals surface area contributed by atoms with Crippen molar-refractivity contribution in [2.24, 2.45) is 0 Å². The third-order valence-electron chi connectivity index (χ3n) is 3.42. The summed E-state index contributed by atoms with van der Waals surface area (Å²) in [6.07, 6.45) is -4.44. The standard InChI is InChI=1S/C14H18F3N3O/c1-2-19-13(21)12-9-18-7-8-20(12)11-6-4-3-5-10(11)14(15,16)17/h3-6,12,18H,2,7-9H2,1H3,(H,19,21). The van der Waals surface area contributed by atoms with E-state index >= 15 is 0 Å². The number of para-hydroxylation sites is 1. The Balaban J connectivity index is 2.36. The number of alkyl halides is 3. The number of piperazine rings is 1. The molecule has 4 nitrogen and oxygen atoms in total. The van der Waals surface area contributed by atoms with Gasteiger partial charge in [-0.1, -0.05) is 12.1 Å². The number of likely N-dealkylation sites (N-methyl/N-ethyl adjacent to an activating group) is 1. The Morgan fingerprint density at radius 1 is 1.43 bits per heavy atom. The number of carbonyl (C=O) groups is 1. The first-order valence-electron chi connectivity index (χ1n) is 6.86. The molecule has 0 bridgehead atoms. The van der Waals surface area contributed by atoms with E-state index in [1.54, 1.807) is 13.0 Å². The van der Waals surface area contributed by atoms with Gasteiger partial charge in [-0.15, -0.1) is 0 Å². The lowest BCUT2D eigenvalue weighted by molar-refractivity contribution is -0.137. The average Bonchev–Trinajstić information content (AvgIpc) is 2.46. The zero-order chi connectivity index (χ0) is 15.5. The molecule has 0 aromatic heterocycles. The maximum Gasteiger partial charge on any atom is 0.418 e. The Morgan fingerprint density at radius 3 is 2.81 bits per heavy atom. The molecular formula is C14H18F3N3O. The Kier molecular flexibility index (Phi) is 4.72. The Hall–Kier alpha value is -1.76. The van der Waals surface area contributed by atoms with E-state index < -0.39 is 17.8 Å². The van der Waals surface area contributed by atoms with E-state index in [0.717, 1.165) is 6.07 Å². The van der Waals surface area contributed by atoms with Gasteiger partial charge in [0.25, 0.3) is 0 Å². The van der Waals surface area contributed by atoms with Gasteiger partial charge in [-0.05, 0) is 19.1 Å². The first kappa shape index (κ1) is 15.6. The predicted octanol–water partition coefficient (Wildman–Crippen LogP) is 1.62. The van der Waals surface area contributed by atoms with Crippen LogP contribution in [0.25, 0.3) is 0 Å². The van der Waals surface area contributed by atoms with E-state index in [-0.39, 0.29) is 11.6 Å². The highest BCUT2D eigenvalue weighted by Crippen LogP contribution is 2.37. The van der Waals surface area contributed by atoms with Crippen molar-refractivity contribution in [2.45, 2.75) is 19.1 Å². The third kappa shape index (κ3) is 3.47. The molecule has 1 aromatic rings. The van der Waals surface area contributed by atoms with E-state index in [1.165, 1.54) is 17.0 Å². The normalized spacial score (nSPS) is 19.4. The number of benzene rings is 1. The number of rotatable bonds is 3. The van der Waals surface area contributed by atoms with Gasteiger partial charge in [0.2, 0.25) is 5.91 Å². The third-order valence-corrected chi connectivity index (χ3v) is 3.42. The Bertz CT molecular complexity index is 504. The highest BCUT2D eigenvalue weighted by atomic mass is 19.4. The fraction of sp³-hybridized carbons (Fsp3) is 0.500. The average molecular weight is 301 g/mol. The first-order valence-corrected chi connectivity index (χ1v) is 6.86. The summed E-state index contributed by atoms with van der Waals surface area (Å²) in [6, 6.07) is 4.74. The second-order valence-electron chi connectivity index (χ2n) is 4.82. The van der Waals surface area contributed by atoms with Crippen molar-refractivity contribution >= 4 is 11.6 Å². The number of hydrogen-bond donors (Lipinski definition) is 2. The fourth-order valence-corrected chi connectivity index (χ4v) is 2.48. The molecule has 1 heterocycles. The summed E-state index contributed by atoms with van der Waals surface area (Å²) in [6.45, 7) is 3.46. The van der Waals surface area contributed by atoms with Gasteiger partial charge in [0, 0.05) is 31.9 Å². The van der Waals surface area contributed by atoms with E-state index in [4.69, 9.17) is 0 Å². The quantitative estimate of drug-likeness (QED) is 0.892. The number of hydrogen-bond acceptors (Lipinski definition) is 3. The molecule has 1 amide bonds. The van der Waals surface area contributed by atoms with Crippen molar-refractivity contribution in [3.05, 3.63) is 29.8 Å². The van der Waals surface area contributed by atoms with E-state index in [0.29, 0.717) is 26.2 Å². The predicted molar refractivity (Wildman–Crippen MR) is 74.1 cm³/mol. The molecular weight excluding hydrogens is 283 g/mol. The van der Waals surface area contributed by atoms with Gasteiger partial charge in [-0.2, -0.15) is 13.2 Å². The smallest absolute Gasteiger partial charge is 0.357 e. The summed E-state index contributed by atoms with van der Waals surface area (Å²) in [5, 5.41) is 5.72. The van der Waals surface area contributed by atoms with Crippen LogP contribution in [0.4, 0.5) is 18.9 Å². The molecule has 1 unspecified atom stereocenters. The Morgan fingerprint density at radius 2 is 2.14 bits per heavy atom. The van der Waals surface area contributed by atoms with Crippen molar-refractivity contribution in [3.8, 4) is 0 Å². The molecule has 1 aliphatic heterocycles. The van der Waals surface area contributed by atoms with Gasteiger partial charge >= 0.3 is 6.18 Å². The molecule has 2 N–H and O–H groups in total. The summed E-state index contributed by atoms with van der Waals surface area (Å²) < 4.78 is 39.4. The second-order valence-corrected chi connectivity index (χ2v) is 4.82. The lowest BCUT2D eigenvalue weighted by Gasteiger charge is -2.38. The van der Waals surface area contributed by atoms with Crippen molar-refractivity contribution in [1.29, 1.82) is 0 Å². The van der Waals surface area contributed by atoms with Crippen LogP contribution in [-0.2, 0) is 11.0 Å². The zero-order valence-electron chi connectivity index (χ0n) is 11.7. The highest BCUT2D eigenvalue weighted by molar-refractivity contribution is 5.86. The minimum atomic E-state index is -4.44. The molecule has 0 spiro atoms. The number of nitrogens with one attached hydrogen (secondary N) is 2. The highest BCUT2D eigenvalue weighted by Gasteiger charge is 2.37. The largest absolute Gasteiger partial charge is 0.418 e. The molecule has 1 saturated heterocycles. The SMILES string of the molecule is CCNC(=O)C1CNCCN1c1ccccc1C(F)(F)F. The lowest BCUT2D eigenvalue weighted by atomic mass is 10.1. The van der Waals surface area contributed by atoms with Gasteiger partial charge in [0.05, 0.1) is 5.56 Å². The Labute approximate surface area is 121 Å². The summed E-state index contributed by atoms with van der Waals surface area (Å²) in [4.78, 5) is 13.6. The zero-order valence-corrected chi connectivity index (χ0v) is 11.7. The number of anilines is 1. The summed E-state index contributed by atoms with van der Waals surface area (Å²) in [5.74, 6) is -0.262. The number of carbonyl (C=O) groups excluding carboxylic acids is 1. The molecule has 2 rings (SSSR count). The lowest BCUT2D eigenvalue weighted by Crippen LogP contribution is -2.58. The van der Waals surface area contributed by atoms with Crippen LogP contribution in [0.5, 0.6) is 0 Å². The molecule has 21 heavy (non-hydrogen) atoms. The van der Waals surface area contributed by atoms with Gasteiger partial charge in [-0.3, -0.25) is 4.79 Å². The number of amides is 1. The van der Waals surface area contributed by atoms with Crippen LogP contribution in [0.2, 0.25) is 0 Å². The molecule has 0 radical (unpaired) electrons. The monoisotopic (exact) mass is 301 g/mol. The van der Waals surface area contributed by atoms with Crippen LogP contribution in [0.1, 0.15) is 12.5 Å². The molecule has 0 saturated carbocycles. The van der Waals surface area contributed by atoms with Crippen LogP contribution in [0.3, 0.4) is 0 Å². The summed E-state index contributed by atoms with van der Waals surface area (Å²) >= 11 is 0. The molecule has 7 heteroatoms. The van der Waals surface area contributed by atoms with E-state index in [2.05, 4.69) is 10.6 Å². The molecule has 1 fully saturated rings. The van der Waals surface area contributed by atoms with Crippen molar-refractivity contribution in [1.82, 2.24) is 10.6 Å².